The number of allylic oxidation sites excluding steroid dienone is 1. The van der Waals surface area contributed by atoms with Crippen molar-refractivity contribution in [2.75, 3.05) is 0 Å². The summed E-state index contributed by atoms with van der Waals surface area (Å²) < 4.78 is 0. The van der Waals surface area contributed by atoms with Gasteiger partial charge in [0.1, 0.15) is 6.29 Å². The quantitative estimate of drug-likeness (QED) is 0.479. The molecule has 74 valence electrons. The molecule has 0 aliphatic heterocycles. The molecule has 0 spiro atoms. The van der Waals surface area contributed by atoms with Crippen LogP contribution in [0.4, 0.5) is 0 Å². The monoisotopic (exact) mass is 180 g/mol. The van der Waals surface area contributed by atoms with Crippen molar-refractivity contribution in [2.45, 2.75) is 39.5 Å². The fourth-order valence-electron chi connectivity index (χ4n) is 2.72. The SMILES string of the molecule is C=CCC(C)C1(C=O)CCCC1C. The second kappa shape index (κ2) is 4.08. The molecule has 0 aromatic rings. The average Bonchev–Trinajstić information content (AvgIpc) is 2.48. The van der Waals surface area contributed by atoms with Crippen LogP contribution in [0.25, 0.3) is 0 Å². The van der Waals surface area contributed by atoms with Gasteiger partial charge < -0.3 is 4.79 Å². The van der Waals surface area contributed by atoms with E-state index in [1.807, 2.05) is 6.08 Å². The summed E-state index contributed by atoms with van der Waals surface area (Å²) >= 11 is 0. The third kappa shape index (κ3) is 1.70. The number of hydrogen-bond acceptors (Lipinski definition) is 1. The summed E-state index contributed by atoms with van der Waals surface area (Å²) in [5.41, 5.74) is -0.0474. The molecule has 1 fully saturated rings. The molecule has 0 bridgehead atoms. The fraction of sp³-hybridized carbons (Fsp3) is 0.750. The Morgan fingerprint density at radius 3 is 2.77 bits per heavy atom. The molecule has 3 unspecified atom stereocenters. The van der Waals surface area contributed by atoms with Gasteiger partial charge in [-0.15, -0.1) is 6.58 Å². The van der Waals surface area contributed by atoms with Gasteiger partial charge in [0.25, 0.3) is 0 Å². The van der Waals surface area contributed by atoms with Gasteiger partial charge in [0.05, 0.1) is 0 Å². The van der Waals surface area contributed by atoms with E-state index in [1.165, 1.54) is 19.1 Å². The highest BCUT2D eigenvalue weighted by molar-refractivity contribution is 5.61. The van der Waals surface area contributed by atoms with Gasteiger partial charge in [-0.3, -0.25) is 0 Å². The highest BCUT2D eigenvalue weighted by Crippen LogP contribution is 2.48. The Hall–Kier alpha value is -0.590. The van der Waals surface area contributed by atoms with Crippen molar-refractivity contribution in [1.82, 2.24) is 0 Å². The van der Waals surface area contributed by atoms with Crippen LogP contribution in [0.2, 0.25) is 0 Å². The first-order chi connectivity index (χ1) is 6.17. The maximum Gasteiger partial charge on any atom is 0.126 e. The van der Waals surface area contributed by atoms with Crippen molar-refractivity contribution in [1.29, 1.82) is 0 Å². The third-order valence-corrected chi connectivity index (χ3v) is 3.82. The van der Waals surface area contributed by atoms with Crippen LogP contribution in [0.1, 0.15) is 39.5 Å². The van der Waals surface area contributed by atoms with Gasteiger partial charge >= 0.3 is 0 Å². The Balaban J connectivity index is 2.78. The van der Waals surface area contributed by atoms with Crippen molar-refractivity contribution < 1.29 is 4.79 Å². The molecule has 0 saturated heterocycles. The van der Waals surface area contributed by atoms with E-state index in [9.17, 15) is 4.79 Å². The molecule has 0 N–H and O–H groups in total. The largest absolute Gasteiger partial charge is 0.303 e. The van der Waals surface area contributed by atoms with Crippen molar-refractivity contribution in [3.63, 3.8) is 0 Å². The van der Waals surface area contributed by atoms with Gasteiger partial charge in [0.15, 0.2) is 0 Å². The second-order valence-corrected chi connectivity index (χ2v) is 4.45. The van der Waals surface area contributed by atoms with Gasteiger partial charge in [0, 0.05) is 5.41 Å². The molecular formula is C12H20O. The summed E-state index contributed by atoms with van der Waals surface area (Å²) in [6, 6.07) is 0. The predicted molar refractivity (Wildman–Crippen MR) is 55.5 cm³/mol. The van der Waals surface area contributed by atoms with Gasteiger partial charge in [-0.05, 0) is 31.1 Å². The van der Waals surface area contributed by atoms with Crippen LogP contribution < -0.4 is 0 Å². The molecule has 3 atom stereocenters. The number of carbonyl (C=O) groups excluding carboxylic acids is 1. The zero-order valence-electron chi connectivity index (χ0n) is 8.75. The minimum absolute atomic E-state index is 0.0474. The standard InChI is InChI=1S/C12H20O/c1-4-6-10(2)12(9-13)8-5-7-11(12)3/h4,9-11H,1,5-8H2,2-3H3. The van der Waals surface area contributed by atoms with Gasteiger partial charge in [0.2, 0.25) is 0 Å². The van der Waals surface area contributed by atoms with Crippen molar-refractivity contribution in [2.24, 2.45) is 17.3 Å². The van der Waals surface area contributed by atoms with Crippen LogP contribution in [-0.4, -0.2) is 6.29 Å². The summed E-state index contributed by atoms with van der Waals surface area (Å²) in [5.74, 6) is 1.01. The Morgan fingerprint density at radius 2 is 2.38 bits per heavy atom. The second-order valence-electron chi connectivity index (χ2n) is 4.45. The lowest BCUT2D eigenvalue weighted by atomic mass is 9.69. The first-order valence-electron chi connectivity index (χ1n) is 5.24. The van der Waals surface area contributed by atoms with E-state index in [0.29, 0.717) is 11.8 Å². The van der Waals surface area contributed by atoms with Crippen molar-refractivity contribution in [3.8, 4) is 0 Å². The van der Waals surface area contributed by atoms with Gasteiger partial charge in [-0.2, -0.15) is 0 Å². The smallest absolute Gasteiger partial charge is 0.126 e. The van der Waals surface area contributed by atoms with Crippen LogP contribution >= 0.6 is 0 Å². The molecule has 1 nitrogen and oxygen atoms in total. The molecule has 0 aromatic heterocycles. The van der Waals surface area contributed by atoms with Crippen LogP contribution in [-0.2, 0) is 4.79 Å². The van der Waals surface area contributed by atoms with Crippen molar-refractivity contribution in [3.05, 3.63) is 12.7 Å². The van der Waals surface area contributed by atoms with Gasteiger partial charge in [-0.1, -0.05) is 26.3 Å². The Bertz CT molecular complexity index is 197. The van der Waals surface area contributed by atoms with E-state index >= 15 is 0 Å². The highest BCUT2D eigenvalue weighted by Gasteiger charge is 2.43. The van der Waals surface area contributed by atoms with E-state index < -0.39 is 0 Å². The van der Waals surface area contributed by atoms with Gasteiger partial charge in [-0.25, -0.2) is 0 Å². The Kier molecular flexibility index (Phi) is 3.29. The summed E-state index contributed by atoms with van der Waals surface area (Å²) in [4.78, 5) is 11.2. The molecule has 0 radical (unpaired) electrons. The minimum Gasteiger partial charge on any atom is -0.303 e. The summed E-state index contributed by atoms with van der Waals surface area (Å²) in [6.45, 7) is 8.13. The lowest BCUT2D eigenvalue weighted by Gasteiger charge is -2.33. The van der Waals surface area contributed by atoms with E-state index in [0.717, 1.165) is 12.8 Å². The lowest BCUT2D eigenvalue weighted by molar-refractivity contribution is -0.120. The van der Waals surface area contributed by atoms with Crippen LogP contribution in [0.5, 0.6) is 0 Å². The maximum atomic E-state index is 11.2. The molecule has 1 rings (SSSR count). The molecule has 0 heterocycles. The fourth-order valence-corrected chi connectivity index (χ4v) is 2.72. The van der Waals surface area contributed by atoms with E-state index in [-0.39, 0.29) is 5.41 Å². The third-order valence-electron chi connectivity index (χ3n) is 3.82. The summed E-state index contributed by atoms with van der Waals surface area (Å²) in [5, 5.41) is 0. The molecule has 1 aliphatic rings. The first kappa shape index (κ1) is 10.5. The van der Waals surface area contributed by atoms with Crippen LogP contribution in [0, 0.1) is 17.3 Å². The normalized spacial score (nSPS) is 35.7. The topological polar surface area (TPSA) is 17.1 Å². The molecule has 1 saturated carbocycles. The first-order valence-corrected chi connectivity index (χ1v) is 5.24. The molecule has 13 heavy (non-hydrogen) atoms. The predicted octanol–water partition coefficient (Wildman–Crippen LogP) is 3.20. The summed E-state index contributed by atoms with van der Waals surface area (Å²) in [6.07, 6.45) is 7.59. The lowest BCUT2D eigenvalue weighted by Crippen LogP contribution is -2.32. The molecule has 1 heteroatoms. The average molecular weight is 180 g/mol. The Morgan fingerprint density at radius 1 is 1.69 bits per heavy atom. The zero-order chi connectivity index (χ0) is 9.90. The number of hydrogen-bond donors (Lipinski definition) is 0. The number of rotatable bonds is 4. The highest BCUT2D eigenvalue weighted by atomic mass is 16.1. The van der Waals surface area contributed by atoms with Crippen LogP contribution in [0.15, 0.2) is 12.7 Å². The maximum absolute atomic E-state index is 11.2. The van der Waals surface area contributed by atoms with E-state index in [4.69, 9.17) is 0 Å². The Labute approximate surface area is 81.2 Å². The molecule has 0 amide bonds. The van der Waals surface area contributed by atoms with Crippen LogP contribution in [0.3, 0.4) is 0 Å². The van der Waals surface area contributed by atoms with E-state index in [1.54, 1.807) is 0 Å². The number of carbonyl (C=O) groups is 1. The zero-order valence-corrected chi connectivity index (χ0v) is 8.75. The summed E-state index contributed by atoms with van der Waals surface area (Å²) in [7, 11) is 0. The molecular weight excluding hydrogens is 160 g/mol. The minimum atomic E-state index is -0.0474. The number of aldehydes is 1. The van der Waals surface area contributed by atoms with Crippen molar-refractivity contribution >= 4 is 6.29 Å². The van der Waals surface area contributed by atoms with E-state index in [2.05, 4.69) is 20.4 Å². The molecule has 0 aromatic carbocycles. The molecule has 1 aliphatic carbocycles.